The number of nitrogens with one attached hydrogen (secondary N) is 1. The van der Waals surface area contributed by atoms with E-state index in [9.17, 15) is 8.42 Å². The summed E-state index contributed by atoms with van der Waals surface area (Å²) in [6.07, 6.45) is 1.62. The van der Waals surface area contributed by atoms with Crippen molar-refractivity contribution < 1.29 is 8.42 Å². The maximum absolute atomic E-state index is 12.6. The summed E-state index contributed by atoms with van der Waals surface area (Å²) >= 11 is 0. The second kappa shape index (κ2) is 6.64. The molecule has 0 amide bonds. The van der Waals surface area contributed by atoms with Gasteiger partial charge in [-0.1, -0.05) is 17.7 Å². The Morgan fingerprint density at radius 2 is 1.74 bits per heavy atom. The van der Waals surface area contributed by atoms with Crippen LogP contribution in [-0.4, -0.2) is 32.5 Å². The number of aromatic nitrogens is 2. The van der Waals surface area contributed by atoms with Gasteiger partial charge in [0.1, 0.15) is 11.6 Å². The minimum atomic E-state index is -3.61. The van der Waals surface area contributed by atoms with Gasteiger partial charge < -0.3 is 4.90 Å². The lowest BCUT2D eigenvalue weighted by atomic mass is 10.1. The molecule has 0 saturated heterocycles. The zero-order valence-electron chi connectivity index (χ0n) is 14.1. The second-order valence-electron chi connectivity index (χ2n) is 5.78. The van der Waals surface area contributed by atoms with Crippen molar-refractivity contribution in [1.29, 1.82) is 0 Å². The first-order valence-electron chi connectivity index (χ1n) is 7.27. The van der Waals surface area contributed by atoms with E-state index in [0.29, 0.717) is 10.7 Å². The first kappa shape index (κ1) is 17.4. The van der Waals surface area contributed by atoms with Gasteiger partial charge in [0, 0.05) is 20.3 Å². The first-order chi connectivity index (χ1) is 10.7. The van der Waals surface area contributed by atoms with Gasteiger partial charge in [-0.05, 0) is 38.0 Å². The summed E-state index contributed by atoms with van der Waals surface area (Å²) in [7, 11) is 0.127. The molecular formula is C16H22N4O2S. The molecule has 23 heavy (non-hydrogen) atoms. The number of aryl methyl sites for hydroxylation is 3. The van der Waals surface area contributed by atoms with Crippen LogP contribution in [0.25, 0.3) is 0 Å². The summed E-state index contributed by atoms with van der Waals surface area (Å²) in [6.45, 7) is 5.61. The minimum Gasteiger partial charge on any atom is -0.363 e. The predicted molar refractivity (Wildman–Crippen MR) is 91.0 cm³/mol. The van der Waals surface area contributed by atoms with Gasteiger partial charge >= 0.3 is 0 Å². The highest BCUT2D eigenvalue weighted by molar-refractivity contribution is 7.89. The van der Waals surface area contributed by atoms with Gasteiger partial charge in [0.15, 0.2) is 0 Å². The Morgan fingerprint density at radius 3 is 2.30 bits per heavy atom. The molecule has 6 nitrogen and oxygen atoms in total. The highest BCUT2D eigenvalue weighted by atomic mass is 32.2. The van der Waals surface area contributed by atoms with E-state index in [1.165, 1.54) is 0 Å². The number of rotatable bonds is 5. The summed E-state index contributed by atoms with van der Waals surface area (Å²) in [5, 5.41) is 0. The van der Waals surface area contributed by atoms with Gasteiger partial charge in [0.05, 0.1) is 11.4 Å². The van der Waals surface area contributed by atoms with Crippen molar-refractivity contribution in [2.24, 2.45) is 0 Å². The molecule has 2 aromatic rings. The van der Waals surface area contributed by atoms with Gasteiger partial charge in [-0.15, -0.1) is 0 Å². The SMILES string of the molecule is Cc1cc(C)c(S(=O)(=O)NCc2nccc(N(C)C)n2)c(C)c1. The lowest BCUT2D eigenvalue weighted by molar-refractivity contribution is 0.578. The van der Waals surface area contributed by atoms with E-state index in [4.69, 9.17) is 0 Å². The van der Waals surface area contributed by atoms with Crippen LogP contribution in [0, 0.1) is 20.8 Å². The fraction of sp³-hybridized carbons (Fsp3) is 0.375. The number of sulfonamides is 1. The quantitative estimate of drug-likeness (QED) is 0.904. The van der Waals surface area contributed by atoms with Gasteiger partial charge in [-0.2, -0.15) is 0 Å². The van der Waals surface area contributed by atoms with Crippen molar-refractivity contribution in [1.82, 2.24) is 14.7 Å². The molecule has 0 bridgehead atoms. The normalized spacial score (nSPS) is 11.5. The number of nitrogens with zero attached hydrogens (tertiary/aromatic N) is 3. The fourth-order valence-electron chi connectivity index (χ4n) is 2.54. The van der Waals surface area contributed by atoms with E-state index >= 15 is 0 Å². The van der Waals surface area contributed by atoms with Crippen molar-refractivity contribution in [3.63, 3.8) is 0 Å². The summed E-state index contributed by atoms with van der Waals surface area (Å²) in [6, 6.07) is 5.50. The summed E-state index contributed by atoms with van der Waals surface area (Å²) < 4.78 is 27.8. The van der Waals surface area contributed by atoms with Gasteiger partial charge in [0.25, 0.3) is 0 Å². The molecule has 1 aromatic heterocycles. The van der Waals surface area contributed by atoms with Crippen molar-refractivity contribution in [2.45, 2.75) is 32.2 Å². The Hall–Kier alpha value is -1.99. The van der Waals surface area contributed by atoms with Crippen LogP contribution in [0.3, 0.4) is 0 Å². The lowest BCUT2D eigenvalue weighted by Gasteiger charge is -2.14. The van der Waals surface area contributed by atoms with Gasteiger partial charge in [0.2, 0.25) is 10.0 Å². The standard InChI is InChI=1S/C16H22N4O2S/c1-11-8-12(2)16(13(3)9-11)23(21,22)18-10-14-17-7-6-15(19-14)20(4)5/h6-9,18H,10H2,1-5H3. The Kier molecular flexibility index (Phi) is 5.01. The molecule has 2 rings (SSSR count). The molecule has 0 aliphatic heterocycles. The zero-order valence-corrected chi connectivity index (χ0v) is 14.9. The van der Waals surface area contributed by atoms with Crippen LogP contribution in [0.2, 0.25) is 0 Å². The van der Waals surface area contributed by atoms with E-state index in [-0.39, 0.29) is 6.54 Å². The predicted octanol–water partition coefficient (Wildman–Crippen LogP) is 1.95. The third-order valence-electron chi connectivity index (χ3n) is 3.44. The molecule has 7 heteroatoms. The Balaban J connectivity index is 2.25. The molecule has 0 spiro atoms. The van der Waals surface area contributed by atoms with Gasteiger partial charge in [-0.3, -0.25) is 0 Å². The molecule has 1 heterocycles. The number of hydrogen-bond donors (Lipinski definition) is 1. The van der Waals surface area contributed by atoms with Crippen LogP contribution in [-0.2, 0) is 16.6 Å². The fourth-order valence-corrected chi connectivity index (χ4v) is 3.97. The van der Waals surface area contributed by atoms with E-state index in [1.807, 2.05) is 38.1 Å². The average molecular weight is 334 g/mol. The third-order valence-corrected chi connectivity index (χ3v) is 5.15. The van der Waals surface area contributed by atoms with Gasteiger partial charge in [-0.25, -0.2) is 23.1 Å². The van der Waals surface area contributed by atoms with Crippen LogP contribution in [0.5, 0.6) is 0 Å². The smallest absolute Gasteiger partial charge is 0.241 e. The molecule has 0 radical (unpaired) electrons. The molecule has 0 aliphatic carbocycles. The van der Waals surface area contributed by atoms with Crippen molar-refractivity contribution in [2.75, 3.05) is 19.0 Å². The molecule has 0 saturated carbocycles. The molecule has 124 valence electrons. The molecule has 0 fully saturated rings. The topological polar surface area (TPSA) is 75.2 Å². The Morgan fingerprint density at radius 1 is 1.13 bits per heavy atom. The maximum atomic E-state index is 12.6. The van der Waals surface area contributed by atoms with Crippen LogP contribution >= 0.6 is 0 Å². The highest BCUT2D eigenvalue weighted by Crippen LogP contribution is 2.21. The zero-order chi connectivity index (χ0) is 17.2. The molecule has 0 aliphatic rings. The first-order valence-corrected chi connectivity index (χ1v) is 8.76. The van der Waals surface area contributed by atoms with Crippen molar-refractivity contribution >= 4 is 15.8 Å². The van der Waals surface area contributed by atoms with Crippen LogP contribution in [0.4, 0.5) is 5.82 Å². The maximum Gasteiger partial charge on any atom is 0.241 e. The number of hydrogen-bond acceptors (Lipinski definition) is 5. The van der Waals surface area contributed by atoms with E-state index in [0.717, 1.165) is 22.5 Å². The third kappa shape index (κ3) is 4.05. The molecule has 1 N–H and O–H groups in total. The Bertz CT molecular complexity index is 794. The Labute approximate surface area is 137 Å². The summed E-state index contributed by atoms with van der Waals surface area (Å²) in [4.78, 5) is 10.6. The number of benzene rings is 1. The van der Waals surface area contributed by atoms with E-state index in [1.54, 1.807) is 26.1 Å². The van der Waals surface area contributed by atoms with Crippen LogP contribution < -0.4 is 9.62 Å². The minimum absolute atomic E-state index is 0.0524. The monoisotopic (exact) mass is 334 g/mol. The van der Waals surface area contributed by atoms with Crippen LogP contribution in [0.1, 0.15) is 22.5 Å². The second-order valence-corrected chi connectivity index (χ2v) is 7.48. The van der Waals surface area contributed by atoms with Crippen molar-refractivity contribution in [3.05, 3.63) is 46.9 Å². The highest BCUT2D eigenvalue weighted by Gasteiger charge is 2.20. The summed E-state index contributed by atoms with van der Waals surface area (Å²) in [5.74, 6) is 1.17. The van der Waals surface area contributed by atoms with E-state index in [2.05, 4.69) is 14.7 Å². The molecule has 0 atom stereocenters. The molecule has 0 unspecified atom stereocenters. The lowest BCUT2D eigenvalue weighted by Crippen LogP contribution is -2.26. The largest absolute Gasteiger partial charge is 0.363 e. The number of anilines is 1. The summed E-state index contributed by atoms with van der Waals surface area (Å²) in [5.41, 5.74) is 2.51. The van der Waals surface area contributed by atoms with E-state index < -0.39 is 10.0 Å². The average Bonchev–Trinajstić information content (AvgIpc) is 2.44. The molecular weight excluding hydrogens is 312 g/mol. The van der Waals surface area contributed by atoms with Crippen LogP contribution in [0.15, 0.2) is 29.3 Å². The molecule has 1 aromatic carbocycles. The van der Waals surface area contributed by atoms with Crippen molar-refractivity contribution in [3.8, 4) is 0 Å².